The van der Waals surface area contributed by atoms with Crippen LogP contribution in [-0.2, 0) is 13.0 Å². The Morgan fingerprint density at radius 1 is 1.10 bits per heavy atom. The van der Waals surface area contributed by atoms with Crippen LogP contribution in [0.5, 0.6) is 11.5 Å². The lowest BCUT2D eigenvalue weighted by molar-refractivity contribution is 0.318. The maximum atomic E-state index is 9.83. The molecule has 7 nitrogen and oxygen atoms in total. The van der Waals surface area contributed by atoms with Gasteiger partial charge in [0.1, 0.15) is 0 Å². The van der Waals surface area contributed by atoms with Gasteiger partial charge in [-0.15, -0.1) is 0 Å². The number of aromatic hydroxyl groups is 1. The minimum Gasteiger partial charge on any atom is -0.504 e. The molecule has 158 valence electrons. The number of guanidine groups is 1. The molecule has 0 aliphatic carbocycles. The number of phenolic OH excluding ortho intramolecular Hbond substituents is 1. The van der Waals surface area contributed by atoms with E-state index in [1.165, 1.54) is 5.56 Å². The lowest BCUT2D eigenvalue weighted by Gasteiger charge is -2.12. The van der Waals surface area contributed by atoms with Crippen LogP contribution in [0.15, 0.2) is 65.9 Å². The average molecular weight is 408 g/mol. The number of phenols is 1. The highest BCUT2D eigenvalue weighted by Gasteiger charge is 2.04. The summed E-state index contributed by atoms with van der Waals surface area (Å²) < 4.78 is 7.29. The van der Waals surface area contributed by atoms with Crippen molar-refractivity contribution in [1.82, 2.24) is 20.4 Å². The van der Waals surface area contributed by atoms with Crippen molar-refractivity contribution in [1.29, 1.82) is 0 Å². The maximum absolute atomic E-state index is 9.83. The number of nitrogens with one attached hydrogen (secondary N) is 2. The van der Waals surface area contributed by atoms with E-state index in [-0.39, 0.29) is 5.75 Å². The van der Waals surface area contributed by atoms with E-state index in [1.54, 1.807) is 12.3 Å². The zero-order valence-corrected chi connectivity index (χ0v) is 17.5. The van der Waals surface area contributed by atoms with Gasteiger partial charge in [-0.05, 0) is 61.7 Å². The van der Waals surface area contributed by atoms with Gasteiger partial charge in [0.2, 0.25) is 0 Å². The van der Waals surface area contributed by atoms with Crippen molar-refractivity contribution >= 4 is 5.96 Å². The molecule has 3 aromatic rings. The minimum absolute atomic E-state index is 0.146. The largest absolute Gasteiger partial charge is 0.504 e. The number of ether oxygens (including phenoxy) is 1. The molecular weight excluding hydrogens is 378 g/mol. The summed E-state index contributed by atoms with van der Waals surface area (Å²) in [6, 6.07) is 15.6. The van der Waals surface area contributed by atoms with Crippen molar-refractivity contribution in [3.63, 3.8) is 0 Å². The van der Waals surface area contributed by atoms with Gasteiger partial charge >= 0.3 is 0 Å². The number of nitrogens with zero attached hydrogens (tertiary/aromatic N) is 3. The van der Waals surface area contributed by atoms with E-state index in [9.17, 15) is 5.11 Å². The second-order valence-corrected chi connectivity index (χ2v) is 6.72. The van der Waals surface area contributed by atoms with E-state index in [2.05, 4.69) is 45.0 Å². The summed E-state index contributed by atoms with van der Waals surface area (Å²) in [6.07, 6.45) is 4.59. The van der Waals surface area contributed by atoms with E-state index >= 15 is 0 Å². The Bertz CT molecular complexity index is 937. The molecule has 0 saturated heterocycles. The minimum atomic E-state index is 0.146. The Morgan fingerprint density at radius 3 is 2.60 bits per heavy atom. The van der Waals surface area contributed by atoms with E-state index < -0.39 is 0 Å². The Morgan fingerprint density at radius 2 is 1.90 bits per heavy atom. The number of aliphatic imine (C=N–C) groups is 1. The molecule has 0 unspecified atom stereocenters. The van der Waals surface area contributed by atoms with Crippen molar-refractivity contribution in [2.75, 3.05) is 19.7 Å². The van der Waals surface area contributed by atoms with Gasteiger partial charge in [0.05, 0.1) is 18.8 Å². The number of rotatable bonds is 9. The van der Waals surface area contributed by atoms with Crippen LogP contribution in [0, 0.1) is 0 Å². The summed E-state index contributed by atoms with van der Waals surface area (Å²) >= 11 is 0. The van der Waals surface area contributed by atoms with Crippen LogP contribution < -0.4 is 15.4 Å². The average Bonchev–Trinajstić information content (AvgIpc) is 3.30. The van der Waals surface area contributed by atoms with Crippen molar-refractivity contribution in [3.05, 3.63) is 72.1 Å². The molecule has 2 aromatic carbocycles. The Balaban J connectivity index is 1.54. The SMILES string of the molecule is CCNC(=NCc1ccc(O)c(OCC)c1)NCCc1ccc(-n2cccn2)cc1. The van der Waals surface area contributed by atoms with Gasteiger partial charge in [-0.2, -0.15) is 5.10 Å². The number of hydrogen-bond donors (Lipinski definition) is 3. The molecule has 0 bridgehead atoms. The second kappa shape index (κ2) is 10.9. The first kappa shape index (κ1) is 21.2. The second-order valence-electron chi connectivity index (χ2n) is 6.72. The molecule has 3 N–H and O–H groups in total. The highest BCUT2D eigenvalue weighted by Crippen LogP contribution is 2.27. The van der Waals surface area contributed by atoms with Gasteiger partial charge in [-0.25, -0.2) is 9.67 Å². The van der Waals surface area contributed by atoms with Crippen molar-refractivity contribution in [2.45, 2.75) is 26.8 Å². The third-order valence-electron chi connectivity index (χ3n) is 4.50. The quantitative estimate of drug-likeness (QED) is 0.375. The normalized spacial score (nSPS) is 11.3. The van der Waals surface area contributed by atoms with Crippen LogP contribution in [0.2, 0.25) is 0 Å². The molecule has 3 rings (SSSR count). The van der Waals surface area contributed by atoms with Crippen LogP contribution in [0.4, 0.5) is 0 Å². The molecule has 30 heavy (non-hydrogen) atoms. The first-order chi connectivity index (χ1) is 14.7. The van der Waals surface area contributed by atoms with E-state index in [4.69, 9.17) is 4.74 Å². The zero-order chi connectivity index (χ0) is 21.2. The van der Waals surface area contributed by atoms with Crippen LogP contribution in [0.3, 0.4) is 0 Å². The summed E-state index contributed by atoms with van der Waals surface area (Å²) in [6.45, 7) is 6.49. The van der Waals surface area contributed by atoms with E-state index in [0.717, 1.165) is 36.7 Å². The lowest BCUT2D eigenvalue weighted by atomic mass is 10.1. The summed E-state index contributed by atoms with van der Waals surface area (Å²) in [5.41, 5.74) is 3.27. The summed E-state index contributed by atoms with van der Waals surface area (Å²) in [5, 5.41) is 20.7. The number of aromatic nitrogens is 2. The van der Waals surface area contributed by atoms with E-state index in [0.29, 0.717) is 18.9 Å². The summed E-state index contributed by atoms with van der Waals surface area (Å²) in [7, 11) is 0. The molecule has 7 heteroatoms. The maximum Gasteiger partial charge on any atom is 0.191 e. The molecule has 0 amide bonds. The van der Waals surface area contributed by atoms with Crippen molar-refractivity contribution in [2.24, 2.45) is 4.99 Å². The van der Waals surface area contributed by atoms with Crippen LogP contribution in [0.25, 0.3) is 5.69 Å². The Kier molecular flexibility index (Phi) is 7.71. The molecule has 1 aromatic heterocycles. The standard InChI is InChI=1S/C23H29N5O2/c1-3-24-23(26-17-19-8-11-21(29)22(16-19)30-4-2)25-14-12-18-6-9-20(10-7-18)28-15-5-13-27-28/h5-11,13,15-16,29H,3-4,12,14,17H2,1-2H3,(H2,24,25,26). The van der Waals surface area contributed by atoms with Crippen LogP contribution in [0.1, 0.15) is 25.0 Å². The van der Waals surface area contributed by atoms with Gasteiger partial charge < -0.3 is 20.5 Å². The zero-order valence-electron chi connectivity index (χ0n) is 17.5. The number of benzene rings is 2. The van der Waals surface area contributed by atoms with E-state index in [1.807, 2.05) is 42.9 Å². The van der Waals surface area contributed by atoms with Crippen LogP contribution in [-0.4, -0.2) is 40.5 Å². The van der Waals surface area contributed by atoms with Crippen molar-refractivity contribution in [3.8, 4) is 17.2 Å². The van der Waals surface area contributed by atoms with Gasteiger partial charge in [0, 0.05) is 25.5 Å². The third kappa shape index (κ3) is 6.01. The highest BCUT2D eigenvalue weighted by molar-refractivity contribution is 5.79. The number of hydrogen-bond acceptors (Lipinski definition) is 4. The molecule has 0 spiro atoms. The monoisotopic (exact) mass is 407 g/mol. The van der Waals surface area contributed by atoms with Crippen molar-refractivity contribution < 1.29 is 9.84 Å². The highest BCUT2D eigenvalue weighted by atomic mass is 16.5. The predicted octanol–water partition coefficient (Wildman–Crippen LogP) is 3.27. The molecule has 0 saturated carbocycles. The van der Waals surface area contributed by atoms with Gasteiger partial charge in [0.25, 0.3) is 0 Å². The van der Waals surface area contributed by atoms with Crippen LogP contribution >= 0.6 is 0 Å². The lowest BCUT2D eigenvalue weighted by Crippen LogP contribution is -2.38. The fourth-order valence-corrected chi connectivity index (χ4v) is 3.00. The first-order valence-electron chi connectivity index (χ1n) is 10.3. The Hall–Kier alpha value is -3.48. The first-order valence-corrected chi connectivity index (χ1v) is 10.3. The topological polar surface area (TPSA) is 83.7 Å². The molecule has 0 aliphatic rings. The van der Waals surface area contributed by atoms with Gasteiger partial charge in [0.15, 0.2) is 17.5 Å². The molecule has 1 heterocycles. The molecule has 0 aliphatic heterocycles. The fraction of sp³-hybridized carbons (Fsp3) is 0.304. The van der Waals surface area contributed by atoms with Gasteiger partial charge in [-0.3, -0.25) is 0 Å². The fourth-order valence-electron chi connectivity index (χ4n) is 3.00. The Labute approximate surface area is 177 Å². The third-order valence-corrected chi connectivity index (χ3v) is 4.50. The molecule has 0 atom stereocenters. The molecular formula is C23H29N5O2. The molecule has 0 radical (unpaired) electrons. The predicted molar refractivity (Wildman–Crippen MR) is 119 cm³/mol. The molecule has 0 fully saturated rings. The summed E-state index contributed by atoms with van der Waals surface area (Å²) in [5.74, 6) is 1.40. The summed E-state index contributed by atoms with van der Waals surface area (Å²) in [4.78, 5) is 4.64. The van der Waals surface area contributed by atoms with Gasteiger partial charge in [-0.1, -0.05) is 18.2 Å². The smallest absolute Gasteiger partial charge is 0.191 e.